The zero-order valence-electron chi connectivity index (χ0n) is 17.7. The predicted octanol–water partition coefficient (Wildman–Crippen LogP) is 3.01. The lowest BCUT2D eigenvalue weighted by molar-refractivity contribution is -0.151. The minimum Gasteiger partial charge on any atom is -0.462 e. The van der Waals surface area contributed by atoms with Crippen LogP contribution in [0.4, 0.5) is 4.79 Å². The molecule has 0 bridgehead atoms. The van der Waals surface area contributed by atoms with E-state index in [1.54, 1.807) is 29.2 Å². The fourth-order valence-electron chi connectivity index (χ4n) is 3.55. The molecule has 0 saturated carbocycles. The summed E-state index contributed by atoms with van der Waals surface area (Å²) >= 11 is 0. The van der Waals surface area contributed by atoms with E-state index in [9.17, 15) is 19.2 Å². The molecule has 2 heterocycles. The van der Waals surface area contributed by atoms with Crippen LogP contribution in [0.1, 0.15) is 67.2 Å². The van der Waals surface area contributed by atoms with E-state index in [2.05, 4.69) is 0 Å². The third-order valence-electron chi connectivity index (χ3n) is 5.03. The molecule has 0 atom stereocenters. The number of esters is 1. The lowest BCUT2D eigenvalue weighted by Crippen LogP contribution is -2.43. The van der Waals surface area contributed by atoms with Crippen molar-refractivity contribution in [1.82, 2.24) is 9.80 Å². The maximum absolute atomic E-state index is 12.3. The molecule has 3 rings (SSSR count). The number of imide groups is 1. The number of hydrogen-bond acceptors (Lipinski definition) is 6. The second-order valence-electron chi connectivity index (χ2n) is 8.57. The van der Waals surface area contributed by atoms with Crippen molar-refractivity contribution in [3.8, 4) is 0 Å². The molecule has 162 valence electrons. The minimum atomic E-state index is -0.542. The molecule has 30 heavy (non-hydrogen) atoms. The molecule has 2 aliphatic rings. The van der Waals surface area contributed by atoms with E-state index in [0.29, 0.717) is 43.5 Å². The lowest BCUT2D eigenvalue weighted by Gasteiger charge is -2.33. The largest absolute Gasteiger partial charge is 0.462 e. The van der Waals surface area contributed by atoms with Gasteiger partial charge in [0.05, 0.1) is 11.1 Å². The number of rotatable bonds is 5. The van der Waals surface area contributed by atoms with Crippen molar-refractivity contribution in [2.75, 3.05) is 19.6 Å². The Hall–Kier alpha value is -2.90. The first kappa shape index (κ1) is 21.8. The van der Waals surface area contributed by atoms with Crippen molar-refractivity contribution in [1.29, 1.82) is 0 Å². The van der Waals surface area contributed by atoms with Crippen LogP contribution in [0.15, 0.2) is 24.3 Å². The van der Waals surface area contributed by atoms with Crippen molar-refractivity contribution in [2.24, 2.45) is 0 Å². The minimum absolute atomic E-state index is 0.125. The number of benzene rings is 1. The zero-order chi connectivity index (χ0) is 21.9. The van der Waals surface area contributed by atoms with E-state index in [0.717, 1.165) is 0 Å². The van der Waals surface area contributed by atoms with E-state index in [1.807, 2.05) is 20.8 Å². The Bertz CT molecular complexity index is 801. The molecule has 1 saturated heterocycles. The molecule has 0 aliphatic carbocycles. The summed E-state index contributed by atoms with van der Waals surface area (Å²) in [6, 6.07) is 6.71. The fraction of sp³-hybridized carbons (Fsp3) is 0.545. The molecule has 0 N–H and O–H groups in total. The molecular weight excluding hydrogens is 388 g/mol. The van der Waals surface area contributed by atoms with E-state index in [4.69, 9.17) is 9.47 Å². The van der Waals surface area contributed by atoms with Gasteiger partial charge in [-0.25, -0.2) is 4.79 Å². The highest BCUT2D eigenvalue weighted by Gasteiger charge is 2.34. The van der Waals surface area contributed by atoms with E-state index in [-0.39, 0.29) is 42.9 Å². The van der Waals surface area contributed by atoms with Gasteiger partial charge in [0.2, 0.25) is 0 Å². The number of likely N-dealkylation sites (tertiary alicyclic amines) is 1. The van der Waals surface area contributed by atoms with Crippen molar-refractivity contribution in [3.63, 3.8) is 0 Å². The van der Waals surface area contributed by atoms with Gasteiger partial charge in [-0.3, -0.25) is 19.3 Å². The summed E-state index contributed by atoms with van der Waals surface area (Å²) in [6.07, 6.45) is 0.997. The second kappa shape index (κ2) is 8.85. The molecule has 0 radical (unpaired) electrons. The first-order valence-corrected chi connectivity index (χ1v) is 10.3. The number of ether oxygens (including phenoxy) is 2. The van der Waals surface area contributed by atoms with Crippen LogP contribution in [-0.4, -0.2) is 65.0 Å². The Labute approximate surface area is 176 Å². The molecule has 0 unspecified atom stereocenters. The highest BCUT2D eigenvalue weighted by Crippen LogP contribution is 2.23. The van der Waals surface area contributed by atoms with Crippen LogP contribution in [-0.2, 0) is 14.3 Å². The average molecular weight is 416 g/mol. The van der Waals surface area contributed by atoms with Gasteiger partial charge in [0.25, 0.3) is 11.8 Å². The van der Waals surface area contributed by atoms with Crippen LogP contribution < -0.4 is 0 Å². The lowest BCUT2D eigenvalue weighted by atomic mass is 10.1. The first-order valence-electron chi connectivity index (χ1n) is 10.3. The van der Waals surface area contributed by atoms with Gasteiger partial charge in [-0.2, -0.15) is 0 Å². The van der Waals surface area contributed by atoms with E-state index in [1.165, 1.54) is 4.90 Å². The first-order chi connectivity index (χ1) is 14.2. The van der Waals surface area contributed by atoms with Gasteiger partial charge < -0.3 is 14.4 Å². The van der Waals surface area contributed by atoms with E-state index < -0.39 is 5.60 Å². The molecule has 2 aliphatic heterocycles. The number of piperidine rings is 1. The average Bonchev–Trinajstić information content (AvgIpc) is 2.92. The summed E-state index contributed by atoms with van der Waals surface area (Å²) in [5.41, 5.74) is 0.267. The monoisotopic (exact) mass is 416 g/mol. The fourth-order valence-corrected chi connectivity index (χ4v) is 3.55. The maximum Gasteiger partial charge on any atom is 0.410 e. The molecule has 0 aromatic heterocycles. The Balaban J connectivity index is 1.38. The summed E-state index contributed by atoms with van der Waals surface area (Å²) < 4.78 is 10.9. The number of hydrogen-bond donors (Lipinski definition) is 0. The molecule has 1 aromatic carbocycles. The highest BCUT2D eigenvalue weighted by molar-refractivity contribution is 6.21. The number of nitrogens with zero attached hydrogens (tertiary/aromatic N) is 2. The van der Waals surface area contributed by atoms with Crippen molar-refractivity contribution >= 4 is 23.9 Å². The molecule has 3 amide bonds. The topological polar surface area (TPSA) is 93.2 Å². The van der Waals surface area contributed by atoms with Gasteiger partial charge in [0, 0.05) is 38.9 Å². The Morgan fingerprint density at radius 3 is 2.13 bits per heavy atom. The summed E-state index contributed by atoms with van der Waals surface area (Å²) in [5, 5.41) is 0. The van der Waals surface area contributed by atoms with Crippen molar-refractivity contribution < 1.29 is 28.7 Å². The zero-order valence-corrected chi connectivity index (χ0v) is 17.7. The Morgan fingerprint density at radius 2 is 1.60 bits per heavy atom. The van der Waals surface area contributed by atoms with Crippen LogP contribution in [0.5, 0.6) is 0 Å². The second-order valence-corrected chi connectivity index (χ2v) is 8.57. The molecule has 0 spiro atoms. The third-order valence-corrected chi connectivity index (χ3v) is 5.03. The number of carbonyl (C=O) groups is 4. The molecular formula is C22H28N2O6. The molecule has 1 fully saturated rings. The maximum atomic E-state index is 12.3. The SMILES string of the molecule is CC(C)(C)OC(=O)N1CCC(OC(=O)CCCN2C(=O)c3ccccc3C2=O)CC1. The van der Waals surface area contributed by atoms with Crippen LogP contribution >= 0.6 is 0 Å². The number of carbonyl (C=O) groups excluding carboxylic acids is 4. The normalized spacial score (nSPS) is 17.2. The Morgan fingerprint density at radius 1 is 1.03 bits per heavy atom. The van der Waals surface area contributed by atoms with Gasteiger partial charge in [0.1, 0.15) is 11.7 Å². The number of amides is 3. The van der Waals surface area contributed by atoms with Gasteiger partial charge >= 0.3 is 12.1 Å². The van der Waals surface area contributed by atoms with E-state index >= 15 is 0 Å². The summed E-state index contributed by atoms with van der Waals surface area (Å²) in [5.74, 6) is -1.00. The van der Waals surface area contributed by atoms with Gasteiger partial charge in [-0.1, -0.05) is 12.1 Å². The Kier molecular flexibility index (Phi) is 6.43. The van der Waals surface area contributed by atoms with Crippen LogP contribution in [0.2, 0.25) is 0 Å². The van der Waals surface area contributed by atoms with Crippen LogP contribution in [0.25, 0.3) is 0 Å². The highest BCUT2D eigenvalue weighted by atomic mass is 16.6. The van der Waals surface area contributed by atoms with Crippen LogP contribution in [0.3, 0.4) is 0 Å². The quantitative estimate of drug-likeness (QED) is 0.541. The summed E-state index contributed by atoms with van der Waals surface area (Å²) in [7, 11) is 0. The molecule has 8 heteroatoms. The number of fused-ring (bicyclic) bond motifs is 1. The summed E-state index contributed by atoms with van der Waals surface area (Å²) in [6.45, 7) is 6.59. The van der Waals surface area contributed by atoms with Gasteiger partial charge in [-0.05, 0) is 39.3 Å². The smallest absolute Gasteiger partial charge is 0.410 e. The molecule has 8 nitrogen and oxygen atoms in total. The predicted molar refractivity (Wildman–Crippen MR) is 108 cm³/mol. The van der Waals surface area contributed by atoms with Gasteiger partial charge in [0.15, 0.2) is 0 Å². The molecule has 1 aromatic rings. The van der Waals surface area contributed by atoms with Crippen LogP contribution in [0, 0.1) is 0 Å². The summed E-state index contributed by atoms with van der Waals surface area (Å²) in [4.78, 5) is 51.7. The van der Waals surface area contributed by atoms with Crippen molar-refractivity contribution in [2.45, 2.75) is 58.2 Å². The van der Waals surface area contributed by atoms with Gasteiger partial charge in [-0.15, -0.1) is 0 Å². The third kappa shape index (κ3) is 5.17. The van der Waals surface area contributed by atoms with Crippen molar-refractivity contribution in [3.05, 3.63) is 35.4 Å². The standard InChI is InChI=1S/C22H28N2O6/c1-22(2,3)30-21(28)23-13-10-15(11-14-23)29-18(25)9-6-12-24-19(26)16-7-4-5-8-17(16)20(24)27/h4-5,7-8,15H,6,9-14H2,1-3H3.